The number of hydrogen-bond donors (Lipinski definition) is 1. The molecule has 0 saturated carbocycles. The Hall–Kier alpha value is -2.70. The number of amides is 1. The first-order valence-corrected chi connectivity index (χ1v) is 7.25. The highest BCUT2D eigenvalue weighted by atomic mass is 19.4. The lowest BCUT2D eigenvalue weighted by atomic mass is 9.96. The zero-order valence-electron chi connectivity index (χ0n) is 12.5. The number of primary amides is 1. The van der Waals surface area contributed by atoms with Gasteiger partial charge in [-0.1, -0.05) is 18.2 Å². The summed E-state index contributed by atoms with van der Waals surface area (Å²) in [4.78, 5) is 11.0. The van der Waals surface area contributed by atoms with Gasteiger partial charge in [0.2, 0.25) is 0 Å². The Morgan fingerprint density at radius 1 is 1.17 bits per heavy atom. The summed E-state index contributed by atoms with van der Waals surface area (Å²) in [6.45, 7) is 0.369. The van der Waals surface area contributed by atoms with E-state index in [0.717, 1.165) is 12.1 Å². The van der Waals surface area contributed by atoms with Crippen LogP contribution in [0.2, 0.25) is 0 Å². The average Bonchev–Trinajstić information content (AvgIpc) is 2.54. The van der Waals surface area contributed by atoms with Crippen LogP contribution in [0.25, 0.3) is 11.1 Å². The third kappa shape index (κ3) is 3.29. The lowest BCUT2D eigenvalue weighted by molar-refractivity contribution is -0.137. The average molecular weight is 337 g/mol. The molecule has 1 aliphatic rings. The van der Waals surface area contributed by atoms with E-state index in [4.69, 9.17) is 15.2 Å². The van der Waals surface area contributed by atoms with Gasteiger partial charge in [0, 0.05) is 12.0 Å². The van der Waals surface area contributed by atoms with Crippen LogP contribution < -0.4 is 10.5 Å². The smallest absolute Gasteiger partial charge is 0.416 e. The van der Waals surface area contributed by atoms with Crippen molar-refractivity contribution in [2.45, 2.75) is 18.7 Å². The minimum absolute atomic E-state index is 0.369. The van der Waals surface area contributed by atoms with Crippen molar-refractivity contribution in [1.29, 1.82) is 0 Å². The van der Waals surface area contributed by atoms with Crippen LogP contribution in [0.4, 0.5) is 18.0 Å². The van der Waals surface area contributed by atoms with Crippen LogP contribution in [0.5, 0.6) is 5.75 Å². The quantitative estimate of drug-likeness (QED) is 0.889. The molecule has 0 bridgehead atoms. The third-order valence-electron chi connectivity index (χ3n) is 3.78. The maximum atomic E-state index is 12.9. The Morgan fingerprint density at radius 3 is 2.62 bits per heavy atom. The van der Waals surface area contributed by atoms with E-state index in [2.05, 4.69) is 0 Å². The summed E-state index contributed by atoms with van der Waals surface area (Å²) in [7, 11) is 0. The molecule has 7 heteroatoms. The number of rotatable bonds is 2. The monoisotopic (exact) mass is 337 g/mol. The molecule has 0 aromatic heterocycles. The van der Waals surface area contributed by atoms with E-state index in [1.165, 1.54) is 6.07 Å². The van der Waals surface area contributed by atoms with Crippen molar-refractivity contribution in [2.75, 3.05) is 6.61 Å². The number of carbonyl (C=O) groups is 1. The maximum absolute atomic E-state index is 12.9. The Morgan fingerprint density at radius 2 is 1.92 bits per heavy atom. The fourth-order valence-electron chi connectivity index (χ4n) is 2.68. The fourth-order valence-corrected chi connectivity index (χ4v) is 2.68. The van der Waals surface area contributed by atoms with Gasteiger partial charge in [0.15, 0.2) is 0 Å². The number of benzene rings is 2. The van der Waals surface area contributed by atoms with Crippen LogP contribution in [-0.4, -0.2) is 12.7 Å². The second-order valence-corrected chi connectivity index (χ2v) is 5.39. The summed E-state index contributed by atoms with van der Waals surface area (Å²) >= 11 is 0. The van der Waals surface area contributed by atoms with E-state index in [1.807, 2.05) is 0 Å². The van der Waals surface area contributed by atoms with Crippen molar-refractivity contribution in [1.82, 2.24) is 0 Å². The van der Waals surface area contributed by atoms with Crippen LogP contribution in [0.1, 0.15) is 23.7 Å². The molecule has 1 atom stereocenters. The second-order valence-electron chi connectivity index (χ2n) is 5.39. The molecule has 4 nitrogen and oxygen atoms in total. The minimum atomic E-state index is -4.41. The van der Waals surface area contributed by atoms with Gasteiger partial charge in [0.05, 0.1) is 12.2 Å². The van der Waals surface area contributed by atoms with Gasteiger partial charge in [-0.05, 0) is 35.4 Å². The molecule has 0 saturated heterocycles. The van der Waals surface area contributed by atoms with Crippen molar-refractivity contribution in [2.24, 2.45) is 5.73 Å². The van der Waals surface area contributed by atoms with Crippen molar-refractivity contribution in [3.63, 3.8) is 0 Å². The summed E-state index contributed by atoms with van der Waals surface area (Å²) in [5.41, 5.74) is 5.93. The van der Waals surface area contributed by atoms with Crippen LogP contribution in [0.15, 0.2) is 42.5 Å². The Balaban J connectivity index is 2.00. The molecular formula is C17H14F3NO3. The molecule has 1 unspecified atom stereocenters. The third-order valence-corrected chi connectivity index (χ3v) is 3.78. The summed E-state index contributed by atoms with van der Waals surface area (Å²) in [5.74, 6) is 0.531. The van der Waals surface area contributed by atoms with Gasteiger partial charge >= 0.3 is 12.3 Å². The van der Waals surface area contributed by atoms with E-state index in [0.29, 0.717) is 35.5 Å². The van der Waals surface area contributed by atoms with Crippen molar-refractivity contribution in [3.8, 4) is 16.9 Å². The number of hydrogen-bond acceptors (Lipinski definition) is 3. The van der Waals surface area contributed by atoms with Gasteiger partial charge in [-0.2, -0.15) is 13.2 Å². The van der Waals surface area contributed by atoms with Crippen molar-refractivity contribution in [3.05, 3.63) is 53.6 Å². The molecule has 1 amide bonds. The largest absolute Gasteiger partial charge is 0.493 e. The van der Waals surface area contributed by atoms with E-state index < -0.39 is 23.9 Å². The second kappa shape index (κ2) is 6.07. The van der Waals surface area contributed by atoms with Crippen LogP contribution in [0.3, 0.4) is 0 Å². The van der Waals surface area contributed by atoms with Crippen molar-refractivity contribution >= 4 is 6.09 Å². The predicted octanol–water partition coefficient (Wildman–Crippen LogP) is 4.29. The zero-order chi connectivity index (χ0) is 17.3. The Kier molecular flexibility index (Phi) is 4.09. The Bertz CT molecular complexity index is 774. The molecular weight excluding hydrogens is 323 g/mol. The van der Waals surface area contributed by atoms with Gasteiger partial charge in [-0.25, -0.2) is 4.79 Å². The topological polar surface area (TPSA) is 61.6 Å². The first kappa shape index (κ1) is 16.2. The summed E-state index contributed by atoms with van der Waals surface area (Å²) < 4.78 is 49.2. The van der Waals surface area contributed by atoms with Gasteiger partial charge in [0.25, 0.3) is 0 Å². The van der Waals surface area contributed by atoms with Gasteiger partial charge < -0.3 is 15.2 Å². The molecule has 1 aliphatic heterocycles. The maximum Gasteiger partial charge on any atom is 0.416 e. The lowest BCUT2D eigenvalue weighted by Crippen LogP contribution is -2.22. The normalized spacial score (nSPS) is 16.9. The van der Waals surface area contributed by atoms with Crippen LogP contribution >= 0.6 is 0 Å². The van der Waals surface area contributed by atoms with E-state index >= 15 is 0 Å². The highest BCUT2D eigenvalue weighted by molar-refractivity contribution is 5.68. The first-order valence-electron chi connectivity index (χ1n) is 7.25. The molecule has 1 heterocycles. The molecule has 2 aromatic rings. The number of fused-ring (bicyclic) bond motifs is 1. The van der Waals surface area contributed by atoms with Crippen LogP contribution in [-0.2, 0) is 10.9 Å². The number of carbonyl (C=O) groups excluding carboxylic acids is 1. The van der Waals surface area contributed by atoms with Crippen molar-refractivity contribution < 1.29 is 27.4 Å². The molecule has 0 fully saturated rings. The molecule has 0 spiro atoms. The highest BCUT2D eigenvalue weighted by Gasteiger charge is 2.30. The SMILES string of the molecule is NC(=O)OC1CCOc2ccc(-c3cccc(C(F)(F)F)c3)cc21. The number of halogens is 3. The summed E-state index contributed by atoms with van der Waals surface area (Å²) in [5, 5.41) is 0. The number of ether oxygens (including phenoxy) is 2. The first-order chi connectivity index (χ1) is 11.3. The standard InChI is InChI=1S/C17H14F3NO3/c18-17(19,20)12-3-1-2-10(8-12)11-4-5-14-13(9-11)15(6-7-23-14)24-16(21)22/h1-5,8-9,15H,6-7H2,(H2,21,22). The summed E-state index contributed by atoms with van der Waals surface area (Å²) in [6.07, 6.45) is -5.46. The fraction of sp³-hybridized carbons (Fsp3) is 0.235. The van der Waals surface area contributed by atoms with E-state index in [-0.39, 0.29) is 0 Å². The number of nitrogens with two attached hydrogens (primary N) is 1. The molecule has 2 N–H and O–H groups in total. The zero-order valence-corrected chi connectivity index (χ0v) is 12.5. The molecule has 24 heavy (non-hydrogen) atoms. The van der Waals surface area contributed by atoms with Gasteiger partial charge in [-0.15, -0.1) is 0 Å². The molecule has 0 aliphatic carbocycles. The van der Waals surface area contributed by atoms with E-state index in [9.17, 15) is 18.0 Å². The number of alkyl halides is 3. The van der Waals surface area contributed by atoms with Gasteiger partial charge in [0.1, 0.15) is 11.9 Å². The molecule has 2 aromatic carbocycles. The van der Waals surface area contributed by atoms with Crippen LogP contribution in [0, 0.1) is 0 Å². The highest BCUT2D eigenvalue weighted by Crippen LogP contribution is 2.38. The Labute approximate surface area is 136 Å². The molecule has 126 valence electrons. The van der Waals surface area contributed by atoms with Gasteiger partial charge in [-0.3, -0.25) is 0 Å². The lowest BCUT2D eigenvalue weighted by Gasteiger charge is -2.25. The molecule has 0 radical (unpaired) electrons. The molecule has 3 rings (SSSR count). The predicted molar refractivity (Wildman–Crippen MR) is 80.4 cm³/mol. The van der Waals surface area contributed by atoms with E-state index in [1.54, 1.807) is 24.3 Å². The minimum Gasteiger partial charge on any atom is -0.493 e. The summed E-state index contributed by atoms with van der Waals surface area (Å²) in [6, 6.07) is 10.0.